The predicted octanol–water partition coefficient (Wildman–Crippen LogP) is 0.724. The lowest BCUT2D eigenvalue weighted by Gasteiger charge is -2.36. The fourth-order valence-electron chi connectivity index (χ4n) is 1.91. The molecule has 2 atom stereocenters. The van der Waals surface area contributed by atoms with Crippen LogP contribution in [0.1, 0.15) is 20.8 Å². The smallest absolute Gasteiger partial charge is 0.0936 e. The summed E-state index contributed by atoms with van der Waals surface area (Å²) in [6, 6.07) is 0. The van der Waals surface area contributed by atoms with E-state index in [-0.39, 0.29) is 18.8 Å². The first-order chi connectivity index (χ1) is 6.11. The Morgan fingerprint density at radius 2 is 2.15 bits per heavy atom. The maximum atomic E-state index is 9.01. The Labute approximate surface area is 80.7 Å². The van der Waals surface area contributed by atoms with Gasteiger partial charge < -0.3 is 9.84 Å². The Morgan fingerprint density at radius 3 is 2.69 bits per heavy atom. The lowest BCUT2D eigenvalue weighted by molar-refractivity contribution is -0.0970. The van der Waals surface area contributed by atoms with Crippen LogP contribution in [0.5, 0.6) is 0 Å². The van der Waals surface area contributed by atoms with Crippen molar-refractivity contribution in [3.8, 4) is 0 Å². The SMILES string of the molecule is CC(C)CN1CC(C)OC(CO)C1. The van der Waals surface area contributed by atoms with E-state index >= 15 is 0 Å². The number of aliphatic hydroxyl groups is 1. The second-order valence-electron chi connectivity index (χ2n) is 4.36. The quantitative estimate of drug-likeness (QED) is 0.707. The van der Waals surface area contributed by atoms with Crippen molar-refractivity contribution < 1.29 is 9.84 Å². The molecule has 1 saturated heterocycles. The van der Waals surface area contributed by atoms with Gasteiger partial charge in [0.2, 0.25) is 0 Å². The van der Waals surface area contributed by atoms with Gasteiger partial charge in [-0.2, -0.15) is 0 Å². The van der Waals surface area contributed by atoms with Crippen molar-refractivity contribution in [2.45, 2.75) is 33.0 Å². The van der Waals surface area contributed by atoms with Crippen LogP contribution >= 0.6 is 0 Å². The zero-order valence-electron chi connectivity index (χ0n) is 8.86. The monoisotopic (exact) mass is 187 g/mol. The normalized spacial score (nSPS) is 31.2. The molecule has 0 amide bonds. The highest BCUT2D eigenvalue weighted by molar-refractivity contribution is 4.75. The lowest BCUT2D eigenvalue weighted by Crippen LogP contribution is -2.48. The Hall–Kier alpha value is -0.120. The second-order valence-corrected chi connectivity index (χ2v) is 4.36. The first-order valence-electron chi connectivity index (χ1n) is 5.10. The van der Waals surface area contributed by atoms with Crippen LogP contribution in [0.2, 0.25) is 0 Å². The number of aliphatic hydroxyl groups excluding tert-OH is 1. The van der Waals surface area contributed by atoms with Gasteiger partial charge in [0.15, 0.2) is 0 Å². The molecule has 3 heteroatoms. The van der Waals surface area contributed by atoms with Crippen molar-refractivity contribution in [3.05, 3.63) is 0 Å². The van der Waals surface area contributed by atoms with E-state index in [9.17, 15) is 0 Å². The van der Waals surface area contributed by atoms with Crippen LogP contribution in [0, 0.1) is 5.92 Å². The average Bonchev–Trinajstić information content (AvgIpc) is 2.01. The van der Waals surface area contributed by atoms with Crippen molar-refractivity contribution in [1.82, 2.24) is 4.90 Å². The van der Waals surface area contributed by atoms with Gasteiger partial charge in [0.05, 0.1) is 18.8 Å². The molecule has 1 heterocycles. The van der Waals surface area contributed by atoms with Gasteiger partial charge in [-0.3, -0.25) is 4.90 Å². The molecule has 13 heavy (non-hydrogen) atoms. The van der Waals surface area contributed by atoms with Crippen LogP contribution in [0.3, 0.4) is 0 Å². The van der Waals surface area contributed by atoms with Gasteiger partial charge in [-0.25, -0.2) is 0 Å². The van der Waals surface area contributed by atoms with Gasteiger partial charge in [-0.1, -0.05) is 13.8 Å². The molecular formula is C10H21NO2. The summed E-state index contributed by atoms with van der Waals surface area (Å²) in [5.41, 5.74) is 0. The first kappa shape index (κ1) is 11.0. The summed E-state index contributed by atoms with van der Waals surface area (Å²) in [5, 5.41) is 9.01. The highest BCUT2D eigenvalue weighted by Gasteiger charge is 2.24. The Bertz CT molecular complexity index is 148. The number of hydrogen-bond donors (Lipinski definition) is 1. The largest absolute Gasteiger partial charge is 0.394 e. The van der Waals surface area contributed by atoms with Crippen molar-refractivity contribution >= 4 is 0 Å². The summed E-state index contributed by atoms with van der Waals surface area (Å²) in [4.78, 5) is 2.37. The molecule has 1 aliphatic rings. The van der Waals surface area contributed by atoms with Crippen molar-refractivity contribution in [1.29, 1.82) is 0 Å². The summed E-state index contributed by atoms with van der Waals surface area (Å²) >= 11 is 0. The number of ether oxygens (including phenoxy) is 1. The van der Waals surface area contributed by atoms with Crippen LogP contribution in [0.4, 0.5) is 0 Å². The van der Waals surface area contributed by atoms with E-state index in [1.807, 2.05) is 0 Å². The van der Waals surface area contributed by atoms with E-state index in [0.717, 1.165) is 19.6 Å². The minimum Gasteiger partial charge on any atom is -0.394 e. The molecule has 3 nitrogen and oxygen atoms in total. The van der Waals surface area contributed by atoms with Gasteiger partial charge >= 0.3 is 0 Å². The van der Waals surface area contributed by atoms with Crippen LogP contribution < -0.4 is 0 Å². The van der Waals surface area contributed by atoms with Crippen molar-refractivity contribution in [2.75, 3.05) is 26.2 Å². The molecule has 0 aromatic carbocycles. The summed E-state index contributed by atoms with van der Waals surface area (Å²) < 4.78 is 5.56. The van der Waals surface area contributed by atoms with Crippen LogP contribution in [-0.2, 0) is 4.74 Å². The molecule has 2 unspecified atom stereocenters. The number of hydrogen-bond acceptors (Lipinski definition) is 3. The standard InChI is InChI=1S/C10H21NO2/c1-8(2)4-11-5-9(3)13-10(6-11)7-12/h8-10,12H,4-7H2,1-3H3. The molecule has 0 bridgehead atoms. The Balaban J connectivity index is 2.37. The van der Waals surface area contributed by atoms with Gasteiger partial charge in [-0.15, -0.1) is 0 Å². The highest BCUT2D eigenvalue weighted by atomic mass is 16.5. The summed E-state index contributed by atoms with van der Waals surface area (Å²) in [7, 11) is 0. The van der Waals surface area contributed by atoms with Gasteiger partial charge in [0, 0.05) is 19.6 Å². The topological polar surface area (TPSA) is 32.7 Å². The molecule has 0 radical (unpaired) electrons. The highest BCUT2D eigenvalue weighted by Crippen LogP contribution is 2.12. The fourth-order valence-corrected chi connectivity index (χ4v) is 1.91. The van der Waals surface area contributed by atoms with Crippen LogP contribution in [0.15, 0.2) is 0 Å². The fraction of sp³-hybridized carbons (Fsp3) is 1.00. The second kappa shape index (κ2) is 4.94. The molecule has 78 valence electrons. The van der Waals surface area contributed by atoms with E-state index in [0.29, 0.717) is 5.92 Å². The average molecular weight is 187 g/mol. The Kier molecular flexibility index (Phi) is 4.16. The lowest BCUT2D eigenvalue weighted by atomic mass is 10.1. The third-order valence-electron chi connectivity index (χ3n) is 2.23. The first-order valence-corrected chi connectivity index (χ1v) is 5.10. The van der Waals surface area contributed by atoms with Crippen molar-refractivity contribution in [2.24, 2.45) is 5.92 Å². The third-order valence-corrected chi connectivity index (χ3v) is 2.23. The molecule has 0 aromatic rings. The molecule has 0 aromatic heterocycles. The molecule has 1 N–H and O–H groups in total. The zero-order valence-corrected chi connectivity index (χ0v) is 8.86. The van der Waals surface area contributed by atoms with E-state index in [2.05, 4.69) is 25.7 Å². The van der Waals surface area contributed by atoms with Crippen molar-refractivity contribution in [3.63, 3.8) is 0 Å². The van der Waals surface area contributed by atoms with Crippen LogP contribution in [-0.4, -0.2) is 48.5 Å². The molecule has 1 rings (SSSR count). The van der Waals surface area contributed by atoms with E-state index in [1.54, 1.807) is 0 Å². The third kappa shape index (κ3) is 3.63. The number of nitrogens with zero attached hydrogens (tertiary/aromatic N) is 1. The van der Waals surface area contributed by atoms with E-state index in [4.69, 9.17) is 9.84 Å². The molecule has 0 aliphatic carbocycles. The van der Waals surface area contributed by atoms with E-state index < -0.39 is 0 Å². The molecule has 0 saturated carbocycles. The van der Waals surface area contributed by atoms with Gasteiger partial charge in [0.1, 0.15) is 0 Å². The van der Waals surface area contributed by atoms with Crippen LogP contribution in [0.25, 0.3) is 0 Å². The van der Waals surface area contributed by atoms with Gasteiger partial charge in [0.25, 0.3) is 0 Å². The summed E-state index contributed by atoms with van der Waals surface area (Å²) in [6.45, 7) is 9.61. The predicted molar refractivity (Wildman–Crippen MR) is 52.7 cm³/mol. The minimum absolute atomic E-state index is 0.0162. The molecule has 0 spiro atoms. The molecule has 1 aliphatic heterocycles. The number of morpholine rings is 1. The number of rotatable bonds is 3. The van der Waals surface area contributed by atoms with Gasteiger partial charge in [-0.05, 0) is 12.8 Å². The maximum Gasteiger partial charge on any atom is 0.0936 e. The minimum atomic E-state index is 0.0162. The Morgan fingerprint density at radius 1 is 1.46 bits per heavy atom. The van der Waals surface area contributed by atoms with E-state index in [1.165, 1.54) is 0 Å². The summed E-state index contributed by atoms with van der Waals surface area (Å²) in [6.07, 6.45) is 0.271. The maximum absolute atomic E-state index is 9.01. The zero-order chi connectivity index (χ0) is 9.84. The summed E-state index contributed by atoms with van der Waals surface area (Å²) in [5.74, 6) is 0.685. The molecule has 1 fully saturated rings. The molecular weight excluding hydrogens is 166 g/mol.